The Bertz CT molecular complexity index is 369. The molecular formula is C16H30O2Si. The van der Waals surface area contributed by atoms with Crippen LogP contribution in [0.2, 0.25) is 18.1 Å². The van der Waals surface area contributed by atoms with Crippen molar-refractivity contribution >= 4 is 14.1 Å². The van der Waals surface area contributed by atoms with E-state index in [0.717, 1.165) is 32.1 Å². The van der Waals surface area contributed by atoms with Gasteiger partial charge in [-0.05, 0) is 49.7 Å². The molecule has 2 saturated carbocycles. The summed E-state index contributed by atoms with van der Waals surface area (Å²) in [5, 5.41) is 0.253. The molecule has 2 aliphatic carbocycles. The van der Waals surface area contributed by atoms with Crippen LogP contribution in [0, 0.1) is 11.3 Å². The minimum absolute atomic E-state index is 0.0781. The van der Waals surface area contributed by atoms with Gasteiger partial charge in [-0.3, -0.25) is 4.79 Å². The summed E-state index contributed by atoms with van der Waals surface area (Å²) in [6.07, 6.45) is 5.53. The minimum atomic E-state index is -1.72. The third-order valence-corrected chi connectivity index (χ3v) is 10.5. The summed E-state index contributed by atoms with van der Waals surface area (Å²) in [4.78, 5) is 12.2. The van der Waals surface area contributed by atoms with E-state index < -0.39 is 8.32 Å². The van der Waals surface area contributed by atoms with Crippen molar-refractivity contribution < 1.29 is 9.22 Å². The highest BCUT2D eigenvalue weighted by Crippen LogP contribution is 2.52. The second-order valence-electron chi connectivity index (χ2n) is 8.29. The fourth-order valence-corrected chi connectivity index (χ4v) is 4.98. The molecule has 3 atom stereocenters. The summed E-state index contributed by atoms with van der Waals surface area (Å²) in [7, 11) is -1.72. The number of Topliss-reactive ketones (excluding diaryl/α,β-unsaturated/α-hetero) is 1. The zero-order chi connectivity index (χ0) is 14.5. The van der Waals surface area contributed by atoms with E-state index >= 15 is 0 Å². The normalized spacial score (nSPS) is 36.4. The molecule has 0 aliphatic heterocycles. The largest absolute Gasteiger partial charge is 0.414 e. The highest BCUT2D eigenvalue weighted by atomic mass is 28.4. The Balaban J connectivity index is 2.16. The molecule has 2 fully saturated rings. The number of carbonyl (C=O) groups is 1. The Morgan fingerprint density at radius 2 is 1.89 bits per heavy atom. The van der Waals surface area contributed by atoms with E-state index in [-0.39, 0.29) is 10.5 Å². The number of fused-ring (bicyclic) bond motifs is 1. The first kappa shape index (κ1) is 15.2. The fraction of sp³-hybridized carbons (Fsp3) is 0.938. The van der Waals surface area contributed by atoms with Crippen LogP contribution in [0.1, 0.15) is 59.8 Å². The highest BCUT2D eigenvalue weighted by Gasteiger charge is 2.53. The first-order valence-corrected chi connectivity index (χ1v) is 10.7. The zero-order valence-electron chi connectivity index (χ0n) is 13.5. The predicted molar refractivity (Wildman–Crippen MR) is 81.8 cm³/mol. The lowest BCUT2D eigenvalue weighted by atomic mass is 9.68. The molecule has 19 heavy (non-hydrogen) atoms. The average Bonchev–Trinajstić information content (AvgIpc) is 2.54. The second kappa shape index (κ2) is 4.69. The van der Waals surface area contributed by atoms with E-state index in [1.54, 1.807) is 0 Å². The van der Waals surface area contributed by atoms with Gasteiger partial charge in [-0.1, -0.05) is 27.7 Å². The molecule has 0 aromatic carbocycles. The average molecular weight is 282 g/mol. The van der Waals surface area contributed by atoms with Crippen LogP contribution < -0.4 is 0 Å². The molecule has 2 rings (SSSR count). The molecule has 0 amide bonds. The SMILES string of the molecule is CC(C)(C)[Si](C)(C)O[C@H]1CCC[C@]2(C)C(=O)CC[C@@H]12. The van der Waals surface area contributed by atoms with Gasteiger partial charge in [-0.15, -0.1) is 0 Å². The van der Waals surface area contributed by atoms with E-state index in [1.165, 1.54) is 0 Å². The molecule has 0 spiro atoms. The first-order valence-electron chi connectivity index (χ1n) is 7.79. The monoisotopic (exact) mass is 282 g/mol. The van der Waals surface area contributed by atoms with Gasteiger partial charge >= 0.3 is 0 Å². The molecule has 0 unspecified atom stereocenters. The van der Waals surface area contributed by atoms with E-state index in [2.05, 4.69) is 40.8 Å². The van der Waals surface area contributed by atoms with Crippen molar-refractivity contribution in [2.75, 3.05) is 0 Å². The predicted octanol–water partition coefficient (Wildman–Crippen LogP) is 4.55. The number of hydrogen-bond acceptors (Lipinski definition) is 2. The number of ketones is 1. The van der Waals surface area contributed by atoms with Crippen molar-refractivity contribution in [3.63, 3.8) is 0 Å². The van der Waals surface area contributed by atoms with Gasteiger partial charge in [0.1, 0.15) is 5.78 Å². The van der Waals surface area contributed by atoms with Crippen molar-refractivity contribution in [2.24, 2.45) is 11.3 Å². The van der Waals surface area contributed by atoms with Crippen molar-refractivity contribution in [2.45, 2.75) is 84.0 Å². The minimum Gasteiger partial charge on any atom is -0.414 e. The lowest BCUT2D eigenvalue weighted by Gasteiger charge is -2.46. The Morgan fingerprint density at radius 3 is 2.47 bits per heavy atom. The molecule has 0 N–H and O–H groups in total. The number of carbonyl (C=O) groups excluding carboxylic acids is 1. The molecule has 3 heteroatoms. The smallest absolute Gasteiger partial charge is 0.192 e. The van der Waals surface area contributed by atoms with Crippen LogP contribution >= 0.6 is 0 Å². The first-order chi connectivity index (χ1) is 8.58. The maximum Gasteiger partial charge on any atom is 0.192 e. The van der Waals surface area contributed by atoms with Crippen LogP contribution in [0.4, 0.5) is 0 Å². The molecule has 0 aromatic heterocycles. The third kappa shape index (κ3) is 2.56. The Kier molecular flexibility index (Phi) is 3.77. The standard InChI is InChI=1S/C16H30O2Si/c1-15(2,3)19(5,6)18-13-8-7-11-16(4)12(13)9-10-14(16)17/h12-13H,7-11H2,1-6H3/t12-,13-,16-/m0/s1. The Hall–Kier alpha value is -0.153. The molecule has 110 valence electrons. The molecule has 0 aromatic rings. The fourth-order valence-electron chi connectivity index (χ4n) is 3.59. The lowest BCUT2D eigenvalue weighted by molar-refractivity contribution is -0.130. The molecule has 0 heterocycles. The van der Waals surface area contributed by atoms with Crippen LogP contribution in [-0.4, -0.2) is 20.2 Å². The summed E-state index contributed by atoms with van der Waals surface area (Å²) in [5.41, 5.74) is -0.0781. The molecule has 2 nitrogen and oxygen atoms in total. The Morgan fingerprint density at radius 1 is 1.26 bits per heavy atom. The maximum atomic E-state index is 12.2. The van der Waals surface area contributed by atoms with Crippen molar-refractivity contribution in [1.82, 2.24) is 0 Å². The van der Waals surface area contributed by atoms with Crippen LogP contribution in [0.25, 0.3) is 0 Å². The summed E-state index contributed by atoms with van der Waals surface area (Å²) >= 11 is 0. The van der Waals surface area contributed by atoms with Gasteiger partial charge in [0.2, 0.25) is 0 Å². The highest BCUT2D eigenvalue weighted by molar-refractivity contribution is 6.74. The topological polar surface area (TPSA) is 26.3 Å². The van der Waals surface area contributed by atoms with Gasteiger partial charge in [0.05, 0.1) is 0 Å². The van der Waals surface area contributed by atoms with Crippen LogP contribution in [0.3, 0.4) is 0 Å². The van der Waals surface area contributed by atoms with Gasteiger partial charge in [-0.2, -0.15) is 0 Å². The van der Waals surface area contributed by atoms with Gasteiger partial charge in [0.25, 0.3) is 0 Å². The van der Waals surface area contributed by atoms with Crippen LogP contribution in [0.5, 0.6) is 0 Å². The van der Waals surface area contributed by atoms with Gasteiger partial charge in [-0.25, -0.2) is 0 Å². The van der Waals surface area contributed by atoms with E-state index in [0.29, 0.717) is 17.8 Å². The molecular weight excluding hydrogens is 252 g/mol. The van der Waals surface area contributed by atoms with Crippen molar-refractivity contribution in [1.29, 1.82) is 0 Å². The second-order valence-corrected chi connectivity index (χ2v) is 13.1. The van der Waals surface area contributed by atoms with Gasteiger partial charge in [0.15, 0.2) is 8.32 Å². The Labute approximate surface area is 119 Å². The van der Waals surface area contributed by atoms with E-state index in [1.807, 2.05) is 0 Å². The van der Waals surface area contributed by atoms with Crippen LogP contribution in [-0.2, 0) is 9.22 Å². The van der Waals surface area contributed by atoms with E-state index in [9.17, 15) is 4.79 Å². The van der Waals surface area contributed by atoms with Gasteiger partial charge in [0, 0.05) is 17.9 Å². The third-order valence-electron chi connectivity index (χ3n) is 6.02. The van der Waals surface area contributed by atoms with Crippen molar-refractivity contribution in [3.8, 4) is 0 Å². The summed E-state index contributed by atoms with van der Waals surface area (Å²) < 4.78 is 6.66. The van der Waals surface area contributed by atoms with Crippen LogP contribution in [0.15, 0.2) is 0 Å². The summed E-state index contributed by atoms with van der Waals surface area (Å²) in [6, 6.07) is 0. The molecule has 0 radical (unpaired) electrons. The lowest BCUT2D eigenvalue weighted by Crippen LogP contribution is -2.49. The maximum absolute atomic E-state index is 12.2. The molecule has 2 aliphatic rings. The zero-order valence-corrected chi connectivity index (χ0v) is 14.5. The van der Waals surface area contributed by atoms with E-state index in [4.69, 9.17) is 4.43 Å². The summed E-state index contributed by atoms with van der Waals surface area (Å²) in [5.74, 6) is 0.962. The molecule has 0 bridgehead atoms. The molecule has 0 saturated heterocycles. The number of hydrogen-bond donors (Lipinski definition) is 0. The number of rotatable bonds is 2. The van der Waals surface area contributed by atoms with Crippen molar-refractivity contribution in [3.05, 3.63) is 0 Å². The summed E-state index contributed by atoms with van der Waals surface area (Å²) in [6.45, 7) is 13.7. The van der Waals surface area contributed by atoms with Gasteiger partial charge < -0.3 is 4.43 Å². The quantitative estimate of drug-likeness (QED) is 0.695.